The van der Waals surface area contributed by atoms with E-state index in [1.165, 1.54) is 30.5 Å². The molecule has 0 saturated carbocycles. The van der Waals surface area contributed by atoms with Gasteiger partial charge in [0.15, 0.2) is 11.5 Å². The topological polar surface area (TPSA) is 93.7 Å². The van der Waals surface area contributed by atoms with Crippen molar-refractivity contribution in [3.8, 4) is 11.5 Å². The van der Waals surface area contributed by atoms with E-state index in [1.807, 2.05) is 0 Å². The minimum Gasteiger partial charge on any atom is -0.486 e. The van der Waals surface area contributed by atoms with Gasteiger partial charge in [0.1, 0.15) is 13.2 Å². The maximum absolute atomic E-state index is 12.7. The number of amides is 1. The van der Waals surface area contributed by atoms with Crippen LogP contribution in [0, 0.1) is 0 Å². The molecule has 0 bridgehead atoms. The zero-order valence-electron chi connectivity index (χ0n) is 17.2. The van der Waals surface area contributed by atoms with E-state index in [0.29, 0.717) is 42.5 Å². The van der Waals surface area contributed by atoms with Crippen molar-refractivity contribution in [1.29, 1.82) is 0 Å². The lowest BCUT2D eigenvalue weighted by molar-refractivity contribution is 0.0954. The van der Waals surface area contributed by atoms with E-state index in [-0.39, 0.29) is 10.8 Å². The third-order valence-corrected chi connectivity index (χ3v) is 6.72. The van der Waals surface area contributed by atoms with E-state index >= 15 is 0 Å². The molecule has 0 aromatic heterocycles. The maximum atomic E-state index is 12.7. The van der Waals surface area contributed by atoms with E-state index < -0.39 is 10.0 Å². The first-order chi connectivity index (χ1) is 15.0. The molecule has 1 heterocycles. The number of sulfonamides is 1. The van der Waals surface area contributed by atoms with Crippen molar-refractivity contribution in [3.05, 3.63) is 59.7 Å². The van der Waals surface area contributed by atoms with Gasteiger partial charge in [-0.1, -0.05) is 11.6 Å². The molecule has 8 heteroatoms. The number of carbonyl (C=O) groups excluding carboxylic acids is 1. The average molecular weight is 443 g/mol. The van der Waals surface area contributed by atoms with Gasteiger partial charge >= 0.3 is 0 Å². The summed E-state index contributed by atoms with van der Waals surface area (Å²) in [6.45, 7) is 1.42. The van der Waals surface area contributed by atoms with Crippen LogP contribution in [0.25, 0.3) is 0 Å². The number of hydrogen-bond acceptors (Lipinski definition) is 5. The van der Waals surface area contributed by atoms with Crippen molar-refractivity contribution in [3.63, 3.8) is 0 Å². The number of anilines is 1. The summed E-state index contributed by atoms with van der Waals surface area (Å²) in [4.78, 5) is 12.4. The minimum absolute atomic E-state index is 0.0792. The maximum Gasteiger partial charge on any atom is 0.262 e. The molecule has 4 rings (SSSR count). The van der Waals surface area contributed by atoms with Crippen LogP contribution >= 0.6 is 0 Å². The predicted molar refractivity (Wildman–Crippen MR) is 118 cm³/mol. The molecule has 1 aliphatic carbocycles. The Bertz CT molecular complexity index is 1080. The van der Waals surface area contributed by atoms with Crippen molar-refractivity contribution >= 4 is 21.6 Å². The molecule has 2 aromatic rings. The highest BCUT2D eigenvalue weighted by Gasteiger charge is 2.19. The van der Waals surface area contributed by atoms with Gasteiger partial charge in [0.2, 0.25) is 0 Å². The second kappa shape index (κ2) is 9.43. The molecule has 164 valence electrons. The number of rotatable bonds is 7. The van der Waals surface area contributed by atoms with E-state index in [1.54, 1.807) is 30.3 Å². The molecular weight excluding hydrogens is 416 g/mol. The smallest absolute Gasteiger partial charge is 0.262 e. The number of hydrogen-bond donors (Lipinski definition) is 2. The van der Waals surface area contributed by atoms with Crippen LogP contribution in [-0.2, 0) is 10.0 Å². The van der Waals surface area contributed by atoms with Crippen LogP contribution < -0.4 is 19.5 Å². The lowest BCUT2D eigenvalue weighted by Crippen LogP contribution is -2.24. The number of nitrogens with one attached hydrogen (secondary N) is 2. The molecule has 0 radical (unpaired) electrons. The minimum atomic E-state index is -3.80. The fourth-order valence-corrected chi connectivity index (χ4v) is 4.74. The molecule has 0 unspecified atom stereocenters. The van der Waals surface area contributed by atoms with Gasteiger partial charge < -0.3 is 14.8 Å². The first kappa shape index (κ1) is 21.2. The zero-order chi connectivity index (χ0) is 21.7. The summed E-state index contributed by atoms with van der Waals surface area (Å²) in [5.41, 5.74) is 2.27. The number of benzene rings is 2. The first-order valence-corrected chi connectivity index (χ1v) is 12.0. The number of allylic oxidation sites excluding steroid dienone is 1. The van der Waals surface area contributed by atoms with Crippen LogP contribution in [0.5, 0.6) is 11.5 Å². The van der Waals surface area contributed by atoms with Crippen LogP contribution in [-0.4, -0.2) is 34.1 Å². The second-order valence-corrected chi connectivity index (χ2v) is 9.28. The molecule has 2 aliphatic rings. The van der Waals surface area contributed by atoms with Gasteiger partial charge in [-0.15, -0.1) is 0 Å². The summed E-state index contributed by atoms with van der Waals surface area (Å²) < 4.78 is 38.8. The molecule has 1 amide bonds. The third kappa shape index (κ3) is 5.38. The molecular formula is C23H26N2O5S. The van der Waals surface area contributed by atoms with E-state index in [2.05, 4.69) is 16.1 Å². The molecule has 2 N–H and O–H groups in total. The molecule has 31 heavy (non-hydrogen) atoms. The quantitative estimate of drug-likeness (QED) is 0.635. The Balaban J connectivity index is 1.35. The SMILES string of the molecule is O=C(NCCC1=CCCCC1)c1ccc(NS(=O)(=O)c2ccc3c(c2)OCCO3)cc1. The Morgan fingerprint density at radius 1 is 0.968 bits per heavy atom. The van der Waals surface area contributed by atoms with Crippen LogP contribution in [0.2, 0.25) is 0 Å². The van der Waals surface area contributed by atoms with Gasteiger partial charge in [-0.05, 0) is 68.5 Å². The molecule has 7 nitrogen and oxygen atoms in total. The highest BCUT2D eigenvalue weighted by molar-refractivity contribution is 7.92. The summed E-state index contributed by atoms with van der Waals surface area (Å²) >= 11 is 0. The fraction of sp³-hybridized carbons (Fsp3) is 0.348. The van der Waals surface area contributed by atoms with Crippen LogP contribution in [0.3, 0.4) is 0 Å². The summed E-state index contributed by atoms with van der Waals surface area (Å²) in [5.74, 6) is 0.767. The van der Waals surface area contributed by atoms with Crippen LogP contribution in [0.15, 0.2) is 59.0 Å². The lowest BCUT2D eigenvalue weighted by atomic mass is 9.97. The Kier molecular flexibility index (Phi) is 6.46. The average Bonchev–Trinajstić information content (AvgIpc) is 2.79. The Morgan fingerprint density at radius 3 is 2.48 bits per heavy atom. The van der Waals surface area contributed by atoms with E-state index in [4.69, 9.17) is 9.47 Å². The number of carbonyl (C=O) groups is 1. The number of ether oxygens (including phenoxy) is 2. The summed E-state index contributed by atoms with van der Waals surface area (Å²) in [7, 11) is -3.80. The van der Waals surface area contributed by atoms with Crippen molar-refractivity contribution < 1.29 is 22.7 Å². The van der Waals surface area contributed by atoms with Crippen LogP contribution in [0.4, 0.5) is 5.69 Å². The van der Waals surface area contributed by atoms with Crippen molar-refractivity contribution in [1.82, 2.24) is 5.32 Å². The highest BCUT2D eigenvalue weighted by atomic mass is 32.2. The molecule has 0 spiro atoms. The molecule has 1 aliphatic heterocycles. The fourth-order valence-electron chi connectivity index (χ4n) is 3.66. The van der Waals surface area contributed by atoms with Crippen molar-refractivity contribution in [2.75, 3.05) is 24.5 Å². The first-order valence-electron chi connectivity index (χ1n) is 10.5. The Morgan fingerprint density at radius 2 is 1.74 bits per heavy atom. The Hall–Kier alpha value is -3.00. The molecule has 2 aromatic carbocycles. The van der Waals surface area contributed by atoms with Gasteiger partial charge in [-0.3, -0.25) is 9.52 Å². The molecule has 0 atom stereocenters. The third-order valence-electron chi connectivity index (χ3n) is 5.34. The van der Waals surface area contributed by atoms with E-state index in [0.717, 1.165) is 19.3 Å². The number of fused-ring (bicyclic) bond motifs is 1. The summed E-state index contributed by atoms with van der Waals surface area (Å²) in [5, 5.41) is 2.92. The Labute approximate surface area is 182 Å². The highest BCUT2D eigenvalue weighted by Crippen LogP contribution is 2.32. The van der Waals surface area contributed by atoms with Gasteiger partial charge in [0.25, 0.3) is 15.9 Å². The van der Waals surface area contributed by atoms with Gasteiger partial charge in [0, 0.05) is 23.9 Å². The standard InChI is InChI=1S/C23H26N2O5S/c26-23(24-13-12-17-4-2-1-3-5-17)18-6-8-19(9-7-18)25-31(27,28)20-10-11-21-22(16-20)30-15-14-29-21/h4,6-11,16,25H,1-3,5,12-15H2,(H,24,26). The summed E-state index contributed by atoms with van der Waals surface area (Å²) in [6, 6.07) is 10.9. The van der Waals surface area contributed by atoms with Gasteiger partial charge in [-0.2, -0.15) is 0 Å². The van der Waals surface area contributed by atoms with Gasteiger partial charge in [-0.25, -0.2) is 8.42 Å². The molecule has 0 fully saturated rings. The monoisotopic (exact) mass is 442 g/mol. The normalized spacial score (nSPS) is 15.7. The van der Waals surface area contributed by atoms with Crippen LogP contribution in [0.1, 0.15) is 42.5 Å². The zero-order valence-corrected chi connectivity index (χ0v) is 18.0. The van der Waals surface area contributed by atoms with Gasteiger partial charge in [0.05, 0.1) is 4.90 Å². The second-order valence-electron chi connectivity index (χ2n) is 7.60. The van der Waals surface area contributed by atoms with E-state index in [9.17, 15) is 13.2 Å². The predicted octanol–water partition coefficient (Wildman–Crippen LogP) is 3.88. The largest absolute Gasteiger partial charge is 0.486 e. The summed E-state index contributed by atoms with van der Waals surface area (Å²) in [6.07, 6.45) is 7.88. The lowest BCUT2D eigenvalue weighted by Gasteiger charge is -2.19. The van der Waals surface area contributed by atoms with Crippen molar-refractivity contribution in [2.45, 2.75) is 37.0 Å². The molecule has 0 saturated heterocycles. The van der Waals surface area contributed by atoms with Crippen molar-refractivity contribution in [2.24, 2.45) is 0 Å².